The van der Waals surface area contributed by atoms with Gasteiger partial charge in [-0.05, 0) is 36.8 Å². The molecule has 0 aromatic heterocycles. The van der Waals surface area contributed by atoms with Crippen molar-refractivity contribution in [1.29, 1.82) is 0 Å². The van der Waals surface area contributed by atoms with Gasteiger partial charge in [-0.1, -0.05) is 45.9 Å². The molecule has 2 unspecified atom stereocenters. The summed E-state index contributed by atoms with van der Waals surface area (Å²) in [5.41, 5.74) is 2.45. The van der Waals surface area contributed by atoms with E-state index in [-0.39, 0.29) is 11.7 Å². The largest absolute Gasteiger partial charge is 0.355 e. The van der Waals surface area contributed by atoms with E-state index >= 15 is 0 Å². The Morgan fingerprint density at radius 1 is 1.16 bits per heavy atom. The second-order valence-electron chi connectivity index (χ2n) is 7.89. The first-order valence-corrected chi connectivity index (χ1v) is 9.03. The number of carbonyl (C=O) groups is 2. The zero-order valence-corrected chi connectivity index (χ0v) is 15.5. The van der Waals surface area contributed by atoms with Crippen LogP contribution in [0.1, 0.15) is 47.0 Å². The number of Topliss-reactive ketones (excluding diaryl/α,β-unsaturated/α-hetero) is 1. The van der Waals surface area contributed by atoms with E-state index in [1.807, 2.05) is 51.1 Å². The molecule has 5 heteroatoms. The molecule has 2 saturated carbocycles. The number of fused-ring (bicyclic) bond motifs is 2. The van der Waals surface area contributed by atoms with Crippen LogP contribution in [-0.4, -0.2) is 23.9 Å². The maximum Gasteiger partial charge on any atom is 0.234 e. The molecule has 2 atom stereocenters. The lowest BCUT2D eigenvalue weighted by molar-refractivity contribution is -0.143. The number of para-hydroxylation sites is 1. The molecule has 2 bridgehead atoms. The van der Waals surface area contributed by atoms with Gasteiger partial charge in [-0.3, -0.25) is 15.0 Å². The van der Waals surface area contributed by atoms with Gasteiger partial charge in [-0.2, -0.15) is 5.10 Å². The minimum Gasteiger partial charge on any atom is -0.355 e. The predicted octanol–water partition coefficient (Wildman–Crippen LogP) is 3.38. The summed E-state index contributed by atoms with van der Waals surface area (Å²) in [6, 6.07) is 9.56. The van der Waals surface area contributed by atoms with Gasteiger partial charge in [-0.25, -0.2) is 0 Å². The molecule has 5 nitrogen and oxygen atoms in total. The summed E-state index contributed by atoms with van der Waals surface area (Å²) in [6.45, 7) is 8.74. The molecule has 2 aliphatic carbocycles. The van der Waals surface area contributed by atoms with Crippen molar-refractivity contribution < 1.29 is 9.59 Å². The molecule has 1 amide bonds. The zero-order valence-electron chi connectivity index (χ0n) is 15.5. The van der Waals surface area contributed by atoms with Gasteiger partial charge in [0.05, 0.1) is 5.69 Å². The summed E-state index contributed by atoms with van der Waals surface area (Å²) in [7, 11) is 0. The molecular weight excluding hydrogens is 314 g/mol. The second-order valence-corrected chi connectivity index (χ2v) is 7.89. The van der Waals surface area contributed by atoms with Crippen molar-refractivity contribution in [2.45, 2.75) is 47.0 Å². The summed E-state index contributed by atoms with van der Waals surface area (Å²) in [4.78, 5) is 26.3. The Morgan fingerprint density at radius 2 is 1.84 bits per heavy atom. The molecule has 0 aliphatic heterocycles. The monoisotopic (exact) mass is 341 g/mol. The van der Waals surface area contributed by atoms with Gasteiger partial charge in [0.2, 0.25) is 5.91 Å². The number of ketones is 1. The molecule has 0 saturated heterocycles. The molecule has 134 valence electrons. The van der Waals surface area contributed by atoms with Gasteiger partial charge >= 0.3 is 0 Å². The molecule has 2 aliphatic rings. The molecule has 1 aromatic carbocycles. The third-order valence-corrected chi connectivity index (χ3v) is 6.57. The third-order valence-electron chi connectivity index (χ3n) is 6.57. The molecule has 0 radical (unpaired) electrons. The average molecular weight is 341 g/mol. The lowest BCUT2D eigenvalue weighted by atomic mass is 9.64. The highest BCUT2D eigenvalue weighted by Gasteiger charge is 2.76. The number of hydrogen-bond donors (Lipinski definition) is 2. The van der Waals surface area contributed by atoms with Gasteiger partial charge < -0.3 is 5.32 Å². The Labute approximate surface area is 149 Å². The van der Waals surface area contributed by atoms with Gasteiger partial charge in [0.1, 0.15) is 11.1 Å². The third kappa shape index (κ3) is 2.25. The standard InChI is InChI=1S/C20H27N3O2/c1-5-13-21-17(25)20-12-11-19(4,18(20,2)3)15(16(20)24)23-22-14-9-7-6-8-10-14/h6-10,22H,5,11-13H2,1-4H3,(H,21,25). The van der Waals surface area contributed by atoms with Crippen molar-refractivity contribution in [1.82, 2.24) is 5.32 Å². The second kappa shape index (κ2) is 5.97. The van der Waals surface area contributed by atoms with E-state index in [0.29, 0.717) is 18.7 Å². The van der Waals surface area contributed by atoms with Gasteiger partial charge in [-0.15, -0.1) is 0 Å². The fraction of sp³-hybridized carbons (Fsp3) is 0.550. The summed E-state index contributed by atoms with van der Waals surface area (Å²) in [5, 5.41) is 7.42. The smallest absolute Gasteiger partial charge is 0.234 e. The van der Waals surface area contributed by atoms with Crippen molar-refractivity contribution in [2.24, 2.45) is 21.3 Å². The SMILES string of the molecule is CCCNC(=O)C12CCC(C)(C(=NNc3ccccc3)C1=O)C2(C)C. The molecule has 3 rings (SSSR count). The highest BCUT2D eigenvalue weighted by atomic mass is 16.2. The first-order chi connectivity index (χ1) is 11.8. The molecular formula is C20H27N3O2. The van der Waals surface area contributed by atoms with Crippen molar-refractivity contribution in [3.63, 3.8) is 0 Å². The summed E-state index contributed by atoms with van der Waals surface area (Å²) < 4.78 is 0. The van der Waals surface area contributed by atoms with Gasteiger partial charge in [0, 0.05) is 12.0 Å². The van der Waals surface area contributed by atoms with Crippen LogP contribution in [0.3, 0.4) is 0 Å². The number of anilines is 1. The van der Waals surface area contributed by atoms with E-state index in [0.717, 1.165) is 18.5 Å². The van der Waals surface area contributed by atoms with E-state index in [1.165, 1.54) is 0 Å². The summed E-state index contributed by atoms with van der Waals surface area (Å²) >= 11 is 0. The maximum atomic E-state index is 13.3. The van der Waals surface area contributed by atoms with E-state index in [4.69, 9.17) is 0 Å². The zero-order chi connectivity index (χ0) is 18.3. The Bertz CT molecular complexity index is 726. The van der Waals surface area contributed by atoms with Crippen LogP contribution >= 0.6 is 0 Å². The number of benzene rings is 1. The Hall–Kier alpha value is -2.17. The van der Waals surface area contributed by atoms with E-state index in [1.54, 1.807) is 0 Å². The van der Waals surface area contributed by atoms with Crippen LogP contribution < -0.4 is 10.7 Å². The van der Waals surface area contributed by atoms with Crippen LogP contribution in [0.15, 0.2) is 35.4 Å². The minimum absolute atomic E-state index is 0.122. The lowest BCUT2D eigenvalue weighted by Crippen LogP contribution is -2.50. The highest BCUT2D eigenvalue weighted by molar-refractivity contribution is 6.50. The number of rotatable bonds is 5. The van der Waals surface area contributed by atoms with Crippen LogP contribution in [0.5, 0.6) is 0 Å². The van der Waals surface area contributed by atoms with Gasteiger partial charge in [0.25, 0.3) is 0 Å². The summed E-state index contributed by atoms with van der Waals surface area (Å²) in [6.07, 6.45) is 2.24. The van der Waals surface area contributed by atoms with Crippen molar-refractivity contribution >= 4 is 23.1 Å². The number of carbonyl (C=O) groups excluding carboxylic acids is 2. The molecule has 2 fully saturated rings. The van der Waals surface area contributed by atoms with E-state index < -0.39 is 16.2 Å². The number of amides is 1. The van der Waals surface area contributed by atoms with Crippen LogP contribution in [-0.2, 0) is 9.59 Å². The molecule has 0 spiro atoms. The Morgan fingerprint density at radius 3 is 2.48 bits per heavy atom. The number of hydrazone groups is 1. The van der Waals surface area contributed by atoms with Gasteiger partial charge in [0.15, 0.2) is 5.78 Å². The maximum absolute atomic E-state index is 13.3. The fourth-order valence-electron chi connectivity index (χ4n) is 4.50. The van der Waals surface area contributed by atoms with Crippen LogP contribution in [0.4, 0.5) is 5.69 Å². The summed E-state index contributed by atoms with van der Waals surface area (Å²) in [5.74, 6) is -0.263. The predicted molar refractivity (Wildman–Crippen MR) is 99.4 cm³/mol. The highest BCUT2D eigenvalue weighted by Crippen LogP contribution is 2.69. The van der Waals surface area contributed by atoms with Crippen molar-refractivity contribution in [2.75, 3.05) is 12.0 Å². The van der Waals surface area contributed by atoms with E-state index in [2.05, 4.69) is 22.8 Å². The fourth-order valence-corrected chi connectivity index (χ4v) is 4.50. The van der Waals surface area contributed by atoms with E-state index in [9.17, 15) is 9.59 Å². The average Bonchev–Trinajstić information content (AvgIpc) is 2.88. The van der Waals surface area contributed by atoms with Crippen molar-refractivity contribution in [3.05, 3.63) is 30.3 Å². The lowest BCUT2D eigenvalue weighted by Gasteiger charge is -2.37. The van der Waals surface area contributed by atoms with Crippen molar-refractivity contribution in [3.8, 4) is 0 Å². The number of nitrogens with zero attached hydrogens (tertiary/aromatic N) is 1. The Kier molecular flexibility index (Phi) is 4.21. The van der Waals surface area contributed by atoms with Crippen LogP contribution in [0.25, 0.3) is 0 Å². The normalized spacial score (nSPS) is 31.4. The quantitative estimate of drug-likeness (QED) is 0.637. The van der Waals surface area contributed by atoms with Crippen LogP contribution in [0.2, 0.25) is 0 Å². The first kappa shape index (κ1) is 17.6. The topological polar surface area (TPSA) is 70.6 Å². The molecule has 2 N–H and O–H groups in total. The minimum atomic E-state index is -1.01. The number of nitrogens with one attached hydrogen (secondary N) is 2. The number of hydrogen-bond acceptors (Lipinski definition) is 4. The van der Waals surface area contributed by atoms with Crippen LogP contribution in [0, 0.1) is 16.2 Å². The molecule has 0 heterocycles. The molecule has 1 aromatic rings. The first-order valence-electron chi connectivity index (χ1n) is 9.03. The Balaban J connectivity index is 1.98. The molecule has 25 heavy (non-hydrogen) atoms.